The maximum atomic E-state index is 13.0. The zero-order chi connectivity index (χ0) is 25.6. The third-order valence-electron chi connectivity index (χ3n) is 4.96. The lowest BCUT2D eigenvalue weighted by Gasteiger charge is -2.18. The summed E-state index contributed by atoms with van der Waals surface area (Å²) in [5.74, 6) is -2.17. The lowest BCUT2D eigenvalue weighted by atomic mass is 10.1. The second-order valence-corrected chi connectivity index (χ2v) is 10.1. The Morgan fingerprint density at radius 1 is 1.06 bits per heavy atom. The highest BCUT2D eigenvalue weighted by molar-refractivity contribution is 7.91. The van der Waals surface area contributed by atoms with E-state index in [9.17, 15) is 28.1 Å². The summed E-state index contributed by atoms with van der Waals surface area (Å²) in [6, 6.07) is 18.0. The summed E-state index contributed by atoms with van der Waals surface area (Å²) >= 11 is 5.81. The van der Waals surface area contributed by atoms with Crippen molar-refractivity contribution in [2.45, 2.75) is 24.3 Å². The van der Waals surface area contributed by atoms with Crippen LogP contribution in [0.15, 0.2) is 77.7 Å². The first-order valence-electron chi connectivity index (χ1n) is 10.4. The smallest absolute Gasteiger partial charge is 0.307 e. The van der Waals surface area contributed by atoms with Crippen LogP contribution in [0, 0.1) is 17.0 Å². The minimum atomic E-state index is -3.74. The number of esters is 1. The fourth-order valence-corrected chi connectivity index (χ4v) is 4.52. The molecule has 0 fully saturated rings. The number of halogens is 1. The number of hydrogen-bond acceptors (Lipinski definition) is 7. The SMILES string of the molecule is Cc1ccc(S(=O)(=O)CCC(=O)OC(C(=O)Nc2ccc(Cl)c([N+](=O)[O-])c2)c2ccccc2)cc1. The number of carbonyl (C=O) groups is 2. The van der Waals surface area contributed by atoms with Gasteiger partial charge in [0.2, 0.25) is 6.10 Å². The van der Waals surface area contributed by atoms with Gasteiger partial charge in [-0.1, -0.05) is 59.6 Å². The molecule has 0 heterocycles. The molecule has 0 bridgehead atoms. The molecular weight excluding hydrogens is 496 g/mol. The molecule has 1 atom stereocenters. The van der Waals surface area contributed by atoms with E-state index in [-0.39, 0.29) is 15.6 Å². The summed E-state index contributed by atoms with van der Waals surface area (Å²) < 4.78 is 30.4. The molecule has 0 spiro atoms. The van der Waals surface area contributed by atoms with Gasteiger partial charge in [0.15, 0.2) is 9.84 Å². The number of rotatable bonds is 9. The molecule has 0 saturated carbocycles. The minimum Gasteiger partial charge on any atom is -0.447 e. The van der Waals surface area contributed by atoms with Crippen molar-refractivity contribution in [1.82, 2.24) is 0 Å². The number of sulfone groups is 1. The van der Waals surface area contributed by atoms with Gasteiger partial charge in [-0.25, -0.2) is 8.42 Å². The maximum Gasteiger partial charge on any atom is 0.307 e. The monoisotopic (exact) mass is 516 g/mol. The summed E-state index contributed by atoms with van der Waals surface area (Å²) in [4.78, 5) is 36.0. The van der Waals surface area contributed by atoms with Crippen molar-refractivity contribution >= 4 is 44.7 Å². The van der Waals surface area contributed by atoms with Crippen molar-refractivity contribution in [1.29, 1.82) is 0 Å². The third-order valence-corrected chi connectivity index (χ3v) is 7.01. The van der Waals surface area contributed by atoms with E-state index in [1.165, 1.54) is 24.3 Å². The van der Waals surface area contributed by atoms with Gasteiger partial charge < -0.3 is 10.1 Å². The van der Waals surface area contributed by atoms with Gasteiger partial charge in [0.05, 0.1) is 22.0 Å². The average Bonchev–Trinajstić information content (AvgIpc) is 2.83. The van der Waals surface area contributed by atoms with Crippen LogP contribution in [0.2, 0.25) is 5.02 Å². The van der Waals surface area contributed by atoms with Crippen LogP contribution in [0.25, 0.3) is 0 Å². The Bertz CT molecular complexity index is 1340. The first kappa shape index (κ1) is 25.9. The van der Waals surface area contributed by atoms with E-state index < -0.39 is 50.6 Å². The predicted molar refractivity (Wildman–Crippen MR) is 130 cm³/mol. The van der Waals surface area contributed by atoms with E-state index in [0.29, 0.717) is 5.56 Å². The zero-order valence-electron chi connectivity index (χ0n) is 18.5. The van der Waals surface area contributed by atoms with Crippen LogP contribution in [0.1, 0.15) is 23.7 Å². The minimum absolute atomic E-state index is 0.0741. The van der Waals surface area contributed by atoms with Crippen LogP contribution in [0.5, 0.6) is 0 Å². The van der Waals surface area contributed by atoms with E-state index in [4.69, 9.17) is 16.3 Å². The summed E-state index contributed by atoms with van der Waals surface area (Å²) in [6.45, 7) is 1.82. The second-order valence-electron chi connectivity index (χ2n) is 7.58. The van der Waals surface area contributed by atoms with Gasteiger partial charge in [-0.3, -0.25) is 19.7 Å². The van der Waals surface area contributed by atoms with Crippen LogP contribution in [0.4, 0.5) is 11.4 Å². The Labute approximate surface area is 206 Å². The summed E-state index contributed by atoms with van der Waals surface area (Å²) in [5, 5.41) is 13.5. The quantitative estimate of drug-likeness (QED) is 0.249. The average molecular weight is 517 g/mol. The molecule has 11 heteroatoms. The van der Waals surface area contributed by atoms with E-state index in [0.717, 1.165) is 11.6 Å². The van der Waals surface area contributed by atoms with Crippen LogP contribution >= 0.6 is 11.6 Å². The lowest BCUT2D eigenvalue weighted by Crippen LogP contribution is -2.26. The molecule has 182 valence electrons. The molecule has 0 aliphatic rings. The van der Waals surface area contributed by atoms with E-state index >= 15 is 0 Å². The number of nitro groups is 1. The number of benzene rings is 3. The highest BCUT2D eigenvalue weighted by Crippen LogP contribution is 2.28. The van der Waals surface area contributed by atoms with Gasteiger partial charge in [0, 0.05) is 17.3 Å². The highest BCUT2D eigenvalue weighted by atomic mass is 35.5. The molecule has 0 radical (unpaired) electrons. The fraction of sp³-hybridized carbons (Fsp3) is 0.167. The van der Waals surface area contributed by atoms with Crippen LogP contribution < -0.4 is 5.32 Å². The Morgan fingerprint density at radius 2 is 1.71 bits per heavy atom. The number of amides is 1. The largest absolute Gasteiger partial charge is 0.447 e. The molecular formula is C24H21ClN2O7S. The van der Waals surface area contributed by atoms with Crippen molar-refractivity contribution in [3.63, 3.8) is 0 Å². The molecule has 0 aliphatic carbocycles. The molecule has 3 aromatic carbocycles. The van der Waals surface area contributed by atoms with Gasteiger partial charge in [0.1, 0.15) is 5.02 Å². The molecule has 9 nitrogen and oxygen atoms in total. The molecule has 3 rings (SSSR count). The number of nitrogens with one attached hydrogen (secondary N) is 1. The number of nitro benzene ring substituents is 1. The predicted octanol–water partition coefficient (Wildman–Crippen LogP) is 4.64. The van der Waals surface area contributed by atoms with E-state index in [2.05, 4.69) is 5.32 Å². The van der Waals surface area contributed by atoms with Crippen LogP contribution in [-0.2, 0) is 24.2 Å². The van der Waals surface area contributed by atoms with E-state index in [1.54, 1.807) is 42.5 Å². The lowest BCUT2D eigenvalue weighted by molar-refractivity contribution is -0.384. The maximum absolute atomic E-state index is 13.0. The Hall–Kier alpha value is -3.76. The molecule has 1 unspecified atom stereocenters. The first-order valence-corrected chi connectivity index (χ1v) is 12.4. The van der Waals surface area contributed by atoms with Crippen LogP contribution in [-0.4, -0.2) is 31.0 Å². The molecule has 3 aromatic rings. The van der Waals surface area contributed by atoms with Gasteiger partial charge in [-0.05, 0) is 31.2 Å². The highest BCUT2D eigenvalue weighted by Gasteiger charge is 2.27. The fourth-order valence-electron chi connectivity index (χ4n) is 3.11. The third kappa shape index (κ3) is 6.87. The van der Waals surface area contributed by atoms with Crippen molar-refractivity contribution in [3.05, 3.63) is 99.1 Å². The molecule has 1 amide bonds. The number of hydrogen-bond donors (Lipinski definition) is 1. The van der Waals surface area contributed by atoms with Gasteiger partial charge in [-0.15, -0.1) is 0 Å². The number of anilines is 1. The molecule has 35 heavy (non-hydrogen) atoms. The van der Waals surface area contributed by atoms with Crippen molar-refractivity contribution in [3.8, 4) is 0 Å². The standard InChI is InChI=1S/C24H21ClN2O7S/c1-16-7-10-19(11-8-16)35(32,33)14-13-22(28)34-23(17-5-3-2-4-6-17)24(29)26-18-9-12-20(25)21(15-18)27(30)31/h2-12,15,23H,13-14H2,1H3,(H,26,29). The normalized spacial score (nSPS) is 11.9. The van der Waals surface area contributed by atoms with Crippen LogP contribution in [0.3, 0.4) is 0 Å². The van der Waals surface area contributed by atoms with Crippen molar-refractivity contribution < 1.29 is 27.7 Å². The number of ether oxygens (including phenoxy) is 1. The summed E-state index contributed by atoms with van der Waals surface area (Å²) in [6.07, 6.45) is -1.89. The topological polar surface area (TPSA) is 133 Å². The molecule has 1 N–H and O–H groups in total. The Balaban J connectivity index is 1.75. The molecule has 0 aliphatic heterocycles. The summed E-state index contributed by atoms with van der Waals surface area (Å²) in [7, 11) is -3.74. The zero-order valence-corrected chi connectivity index (χ0v) is 20.1. The van der Waals surface area contributed by atoms with E-state index in [1.807, 2.05) is 6.92 Å². The van der Waals surface area contributed by atoms with Crippen molar-refractivity contribution in [2.24, 2.45) is 0 Å². The second kappa shape index (κ2) is 11.1. The van der Waals surface area contributed by atoms with Gasteiger partial charge in [-0.2, -0.15) is 0 Å². The Kier molecular flexibility index (Phi) is 8.21. The number of carbonyl (C=O) groups excluding carboxylic acids is 2. The number of aryl methyl sites for hydroxylation is 1. The number of nitrogens with zero attached hydrogens (tertiary/aromatic N) is 1. The van der Waals surface area contributed by atoms with Gasteiger partial charge in [0.25, 0.3) is 11.6 Å². The first-order chi connectivity index (χ1) is 16.6. The molecule has 0 saturated heterocycles. The summed E-state index contributed by atoms with van der Waals surface area (Å²) in [5.41, 5.74) is 0.901. The Morgan fingerprint density at radius 3 is 2.34 bits per heavy atom. The van der Waals surface area contributed by atoms with Crippen molar-refractivity contribution in [2.75, 3.05) is 11.1 Å². The molecule has 0 aromatic heterocycles. The van der Waals surface area contributed by atoms with Gasteiger partial charge >= 0.3 is 5.97 Å².